The van der Waals surface area contributed by atoms with E-state index in [1.165, 1.54) is 11.1 Å². The Morgan fingerprint density at radius 1 is 0.562 bits per heavy atom. The Morgan fingerprint density at radius 2 is 0.906 bits per heavy atom. The van der Waals surface area contributed by atoms with E-state index >= 15 is 0 Å². The number of nitrogens with zero attached hydrogens (tertiary/aromatic N) is 2. The smallest absolute Gasteiger partial charge is 0.287 e. The molecule has 0 fully saturated rings. The van der Waals surface area contributed by atoms with Crippen LogP contribution in [0.5, 0.6) is 0 Å². The summed E-state index contributed by atoms with van der Waals surface area (Å²) in [6, 6.07) is 25.4. The number of fused-ring (bicyclic) bond motifs is 1. The van der Waals surface area contributed by atoms with Crippen molar-refractivity contribution in [2.75, 3.05) is 0 Å². The zero-order chi connectivity index (χ0) is 23.1. The van der Waals surface area contributed by atoms with Gasteiger partial charge in [-0.3, -0.25) is 9.13 Å². The minimum Gasteiger partial charge on any atom is -0.287 e. The van der Waals surface area contributed by atoms with E-state index in [4.69, 9.17) is 0 Å². The molecule has 0 saturated carbocycles. The molecule has 3 heteroatoms. The molecule has 0 aliphatic carbocycles. The van der Waals surface area contributed by atoms with Gasteiger partial charge in [0.1, 0.15) is 0 Å². The Kier molecular flexibility index (Phi) is 5.62. The molecule has 32 heavy (non-hydrogen) atoms. The summed E-state index contributed by atoms with van der Waals surface area (Å²) >= 11 is 0. The Bertz CT molecular complexity index is 1180. The van der Waals surface area contributed by atoms with Crippen molar-refractivity contribution in [3.8, 4) is 0 Å². The minimum atomic E-state index is 0.0333. The van der Waals surface area contributed by atoms with Crippen LogP contribution in [0.25, 0.3) is 11.0 Å². The molecule has 0 N–H and O–H groups in total. The second-order valence-corrected chi connectivity index (χ2v) is 10.8. The molecule has 3 nitrogen and oxygen atoms in total. The maximum absolute atomic E-state index is 13.5. The van der Waals surface area contributed by atoms with Crippen LogP contribution in [0.15, 0.2) is 77.6 Å². The van der Waals surface area contributed by atoms with Crippen LogP contribution in [-0.2, 0) is 23.9 Å². The predicted molar refractivity (Wildman–Crippen MR) is 135 cm³/mol. The van der Waals surface area contributed by atoms with Crippen LogP contribution in [0, 0.1) is 0 Å². The van der Waals surface area contributed by atoms with Gasteiger partial charge in [0.2, 0.25) is 0 Å². The minimum absolute atomic E-state index is 0.0333. The molecule has 4 rings (SSSR count). The largest absolute Gasteiger partial charge is 0.329 e. The number of para-hydroxylation sites is 2. The molecule has 1 heterocycles. The lowest BCUT2D eigenvalue weighted by atomic mass is 9.87. The van der Waals surface area contributed by atoms with E-state index < -0.39 is 0 Å². The first-order valence-corrected chi connectivity index (χ1v) is 11.4. The van der Waals surface area contributed by atoms with Gasteiger partial charge in [-0.1, -0.05) is 102 Å². The standard InChI is InChI=1S/C29H34N2O/c1-28(2,3)23-15-11-21(12-16-23)19-30-25-9-7-8-10-26(25)31(27(30)32)20-22-13-17-24(18-14-22)29(4,5)6/h7-18H,19-20H2,1-6H3. The van der Waals surface area contributed by atoms with E-state index in [1.807, 2.05) is 33.4 Å². The first-order chi connectivity index (χ1) is 15.0. The highest BCUT2D eigenvalue weighted by atomic mass is 16.1. The quantitative estimate of drug-likeness (QED) is 0.366. The molecule has 1 aromatic heterocycles. The number of imidazole rings is 1. The molecule has 0 saturated heterocycles. The molecule has 0 atom stereocenters. The van der Waals surface area contributed by atoms with Gasteiger partial charge >= 0.3 is 5.69 Å². The van der Waals surface area contributed by atoms with Crippen LogP contribution in [0.1, 0.15) is 63.8 Å². The highest BCUT2D eigenvalue weighted by Gasteiger charge is 2.17. The summed E-state index contributed by atoms with van der Waals surface area (Å²) in [5, 5.41) is 0. The third-order valence-corrected chi connectivity index (χ3v) is 6.25. The van der Waals surface area contributed by atoms with E-state index in [9.17, 15) is 4.79 Å². The molecule has 0 aliphatic heterocycles. The van der Waals surface area contributed by atoms with E-state index in [0.717, 1.165) is 22.2 Å². The van der Waals surface area contributed by atoms with Crippen LogP contribution >= 0.6 is 0 Å². The molecular weight excluding hydrogens is 392 g/mol. The van der Waals surface area contributed by atoms with E-state index in [0.29, 0.717) is 13.1 Å². The third-order valence-electron chi connectivity index (χ3n) is 6.25. The summed E-state index contributed by atoms with van der Waals surface area (Å²) in [5.74, 6) is 0. The highest BCUT2D eigenvalue weighted by molar-refractivity contribution is 5.76. The van der Waals surface area contributed by atoms with Crippen molar-refractivity contribution < 1.29 is 0 Å². The van der Waals surface area contributed by atoms with Crippen molar-refractivity contribution >= 4 is 11.0 Å². The van der Waals surface area contributed by atoms with Crippen molar-refractivity contribution in [1.82, 2.24) is 9.13 Å². The fraction of sp³-hybridized carbons (Fsp3) is 0.345. The lowest BCUT2D eigenvalue weighted by Gasteiger charge is -2.19. The van der Waals surface area contributed by atoms with E-state index in [-0.39, 0.29) is 16.5 Å². The van der Waals surface area contributed by atoms with E-state index in [1.54, 1.807) is 0 Å². The number of hydrogen-bond acceptors (Lipinski definition) is 1. The lowest BCUT2D eigenvalue weighted by molar-refractivity contribution is 0.589. The van der Waals surface area contributed by atoms with Crippen molar-refractivity contribution in [1.29, 1.82) is 0 Å². The van der Waals surface area contributed by atoms with Crippen LogP contribution in [-0.4, -0.2) is 9.13 Å². The van der Waals surface area contributed by atoms with Crippen molar-refractivity contribution in [2.45, 2.75) is 65.5 Å². The molecule has 4 aromatic rings. The Labute approximate surface area is 191 Å². The fourth-order valence-corrected chi connectivity index (χ4v) is 4.16. The van der Waals surface area contributed by atoms with Crippen molar-refractivity contribution in [3.05, 3.63) is 106 Å². The van der Waals surface area contributed by atoms with Gasteiger partial charge in [0, 0.05) is 0 Å². The summed E-state index contributed by atoms with van der Waals surface area (Å²) in [6.07, 6.45) is 0. The zero-order valence-electron chi connectivity index (χ0n) is 20.1. The molecule has 0 amide bonds. The van der Waals surface area contributed by atoms with E-state index in [2.05, 4.69) is 90.1 Å². The van der Waals surface area contributed by atoms with Gasteiger partial charge in [-0.05, 0) is 45.2 Å². The van der Waals surface area contributed by atoms with Crippen LogP contribution in [0.4, 0.5) is 0 Å². The van der Waals surface area contributed by atoms with Gasteiger partial charge in [-0.2, -0.15) is 0 Å². The summed E-state index contributed by atoms with van der Waals surface area (Å²) < 4.78 is 3.79. The summed E-state index contributed by atoms with van der Waals surface area (Å²) in [7, 11) is 0. The van der Waals surface area contributed by atoms with Crippen LogP contribution < -0.4 is 5.69 Å². The Balaban J connectivity index is 1.69. The average molecular weight is 427 g/mol. The van der Waals surface area contributed by atoms with Gasteiger partial charge in [-0.15, -0.1) is 0 Å². The number of aromatic nitrogens is 2. The zero-order valence-corrected chi connectivity index (χ0v) is 20.1. The van der Waals surface area contributed by atoms with Crippen molar-refractivity contribution in [3.63, 3.8) is 0 Å². The Morgan fingerprint density at radius 3 is 1.22 bits per heavy atom. The molecule has 0 radical (unpaired) electrons. The number of rotatable bonds is 4. The van der Waals surface area contributed by atoms with Gasteiger partial charge in [-0.25, -0.2) is 4.79 Å². The lowest BCUT2D eigenvalue weighted by Crippen LogP contribution is -2.25. The Hall–Kier alpha value is -3.07. The van der Waals surface area contributed by atoms with Crippen molar-refractivity contribution in [2.24, 2.45) is 0 Å². The number of hydrogen-bond donors (Lipinski definition) is 0. The normalized spacial score (nSPS) is 12.4. The fourth-order valence-electron chi connectivity index (χ4n) is 4.16. The van der Waals surface area contributed by atoms with Gasteiger partial charge < -0.3 is 0 Å². The van der Waals surface area contributed by atoms with Crippen LogP contribution in [0.3, 0.4) is 0 Å². The molecule has 166 valence electrons. The maximum Gasteiger partial charge on any atom is 0.329 e. The predicted octanol–water partition coefficient (Wildman–Crippen LogP) is 6.49. The molecular formula is C29H34N2O. The highest BCUT2D eigenvalue weighted by Crippen LogP contribution is 2.24. The summed E-state index contributed by atoms with van der Waals surface area (Å²) in [4.78, 5) is 13.5. The van der Waals surface area contributed by atoms with Gasteiger partial charge in [0.15, 0.2) is 0 Å². The molecule has 0 bridgehead atoms. The maximum atomic E-state index is 13.5. The third kappa shape index (κ3) is 4.43. The monoisotopic (exact) mass is 426 g/mol. The first kappa shape index (κ1) is 22.1. The number of benzene rings is 3. The summed E-state index contributed by atoms with van der Waals surface area (Å²) in [6.45, 7) is 14.4. The second kappa shape index (κ2) is 8.12. The molecule has 3 aromatic carbocycles. The molecule has 0 spiro atoms. The average Bonchev–Trinajstić information content (AvgIpc) is 2.99. The summed E-state index contributed by atoms with van der Waals surface area (Å²) in [5.41, 5.74) is 7.10. The first-order valence-electron chi connectivity index (χ1n) is 11.4. The molecule has 0 unspecified atom stereocenters. The SMILES string of the molecule is CC(C)(C)c1ccc(Cn2c(=O)n(Cc3ccc(C(C)(C)C)cc3)c3ccccc32)cc1. The second-order valence-electron chi connectivity index (χ2n) is 10.8. The molecule has 0 aliphatic rings. The van der Waals surface area contributed by atoms with Crippen LogP contribution in [0.2, 0.25) is 0 Å². The van der Waals surface area contributed by atoms with Gasteiger partial charge in [0.05, 0.1) is 24.1 Å². The van der Waals surface area contributed by atoms with Gasteiger partial charge in [0.25, 0.3) is 0 Å². The topological polar surface area (TPSA) is 26.9 Å².